The molecule has 2 rings (SSSR count). The number of hydrazone groups is 1. The summed E-state index contributed by atoms with van der Waals surface area (Å²) in [4.78, 5) is 0. The van der Waals surface area contributed by atoms with Crippen LogP contribution < -0.4 is 5.43 Å². The lowest BCUT2D eigenvalue weighted by Crippen LogP contribution is -1.95. The van der Waals surface area contributed by atoms with Crippen molar-refractivity contribution in [1.82, 2.24) is 0 Å². The van der Waals surface area contributed by atoms with Gasteiger partial charge in [0.15, 0.2) is 0 Å². The standard InChI is InChI=1S/C14H11Br2FN2/c1-9-6-11(15)10(12(16)7-9)8-18-19-14-5-3-2-4-13(14)17/h2-8,19H,1H3/b18-8+. The largest absolute Gasteiger partial charge is 0.276 e. The molecule has 2 aromatic rings. The average Bonchev–Trinajstić information content (AvgIpc) is 2.34. The summed E-state index contributed by atoms with van der Waals surface area (Å²) in [6.45, 7) is 2.01. The third-order valence-corrected chi connectivity index (χ3v) is 3.79. The first kappa shape index (κ1) is 14.2. The maximum absolute atomic E-state index is 13.4. The van der Waals surface area contributed by atoms with E-state index in [1.807, 2.05) is 19.1 Å². The van der Waals surface area contributed by atoms with Crippen molar-refractivity contribution >= 4 is 43.8 Å². The second kappa shape index (κ2) is 6.30. The molecule has 5 heteroatoms. The van der Waals surface area contributed by atoms with Gasteiger partial charge in [-0.2, -0.15) is 5.10 Å². The maximum atomic E-state index is 13.4. The second-order valence-electron chi connectivity index (χ2n) is 3.99. The van der Waals surface area contributed by atoms with Crippen LogP contribution in [0.25, 0.3) is 0 Å². The van der Waals surface area contributed by atoms with Crippen LogP contribution in [0.15, 0.2) is 50.4 Å². The van der Waals surface area contributed by atoms with Crippen molar-refractivity contribution < 1.29 is 4.39 Å². The fourth-order valence-electron chi connectivity index (χ4n) is 1.55. The third kappa shape index (κ3) is 3.64. The Balaban J connectivity index is 2.18. The summed E-state index contributed by atoms with van der Waals surface area (Å²) >= 11 is 6.95. The molecule has 2 aromatic carbocycles. The summed E-state index contributed by atoms with van der Waals surface area (Å²) in [5, 5.41) is 4.05. The monoisotopic (exact) mass is 384 g/mol. The molecule has 0 amide bonds. The minimum Gasteiger partial charge on any atom is -0.276 e. The molecule has 0 aromatic heterocycles. The highest BCUT2D eigenvalue weighted by molar-refractivity contribution is 9.11. The minimum absolute atomic E-state index is 0.332. The Morgan fingerprint density at radius 1 is 1.16 bits per heavy atom. The first-order valence-corrected chi connectivity index (χ1v) is 7.16. The van der Waals surface area contributed by atoms with E-state index >= 15 is 0 Å². The van der Waals surface area contributed by atoms with E-state index in [1.165, 1.54) is 6.07 Å². The zero-order valence-electron chi connectivity index (χ0n) is 10.1. The number of para-hydroxylation sites is 1. The summed E-state index contributed by atoms with van der Waals surface area (Å²) < 4.78 is 15.2. The maximum Gasteiger partial charge on any atom is 0.148 e. The molecule has 0 aliphatic rings. The van der Waals surface area contributed by atoms with Crippen molar-refractivity contribution in [1.29, 1.82) is 0 Å². The Morgan fingerprint density at radius 3 is 2.42 bits per heavy atom. The highest BCUT2D eigenvalue weighted by atomic mass is 79.9. The Labute approximate surface area is 128 Å². The second-order valence-corrected chi connectivity index (χ2v) is 5.70. The smallest absolute Gasteiger partial charge is 0.148 e. The lowest BCUT2D eigenvalue weighted by molar-refractivity contribution is 0.631. The van der Waals surface area contributed by atoms with Crippen molar-refractivity contribution in [3.8, 4) is 0 Å². The molecule has 0 saturated heterocycles. The van der Waals surface area contributed by atoms with Gasteiger partial charge in [-0.15, -0.1) is 0 Å². The van der Waals surface area contributed by atoms with Crippen LogP contribution in [0.5, 0.6) is 0 Å². The first-order chi connectivity index (χ1) is 9.08. The number of halogens is 3. The van der Waals surface area contributed by atoms with E-state index < -0.39 is 0 Å². The number of hydrogen-bond donors (Lipinski definition) is 1. The van der Waals surface area contributed by atoms with Gasteiger partial charge in [-0.25, -0.2) is 4.39 Å². The molecule has 0 fully saturated rings. The molecule has 0 saturated carbocycles. The van der Waals surface area contributed by atoms with Gasteiger partial charge in [0, 0.05) is 14.5 Å². The number of hydrogen-bond acceptors (Lipinski definition) is 2. The number of anilines is 1. The van der Waals surface area contributed by atoms with Crippen LogP contribution in [0.4, 0.5) is 10.1 Å². The first-order valence-electron chi connectivity index (χ1n) is 5.57. The van der Waals surface area contributed by atoms with Crippen molar-refractivity contribution in [2.45, 2.75) is 6.92 Å². The number of benzene rings is 2. The lowest BCUT2D eigenvalue weighted by atomic mass is 10.2. The zero-order chi connectivity index (χ0) is 13.8. The van der Waals surface area contributed by atoms with Gasteiger partial charge in [0.05, 0.1) is 11.9 Å². The van der Waals surface area contributed by atoms with E-state index in [0.29, 0.717) is 5.69 Å². The predicted molar refractivity (Wildman–Crippen MR) is 84.2 cm³/mol. The highest BCUT2D eigenvalue weighted by Gasteiger charge is 2.04. The molecule has 0 heterocycles. The molecule has 0 atom stereocenters. The van der Waals surface area contributed by atoms with Gasteiger partial charge >= 0.3 is 0 Å². The summed E-state index contributed by atoms with van der Waals surface area (Å²) in [5.74, 6) is -0.332. The molecule has 0 spiro atoms. The molecule has 2 nitrogen and oxygen atoms in total. The summed E-state index contributed by atoms with van der Waals surface area (Å²) in [7, 11) is 0. The fraction of sp³-hybridized carbons (Fsp3) is 0.0714. The van der Waals surface area contributed by atoms with E-state index in [0.717, 1.165) is 20.1 Å². The Hall–Kier alpha value is -1.20. The van der Waals surface area contributed by atoms with Gasteiger partial charge in [0.1, 0.15) is 5.82 Å². The Bertz CT molecular complexity index is 604. The molecule has 19 heavy (non-hydrogen) atoms. The van der Waals surface area contributed by atoms with Gasteiger partial charge in [-0.3, -0.25) is 5.43 Å². The fourth-order valence-corrected chi connectivity index (χ4v) is 3.17. The molecular weight excluding hydrogens is 375 g/mol. The third-order valence-electron chi connectivity index (χ3n) is 2.48. The molecule has 0 aliphatic carbocycles. The van der Waals surface area contributed by atoms with Crippen LogP contribution in [0.3, 0.4) is 0 Å². The van der Waals surface area contributed by atoms with E-state index in [4.69, 9.17) is 0 Å². The van der Waals surface area contributed by atoms with Crippen molar-refractivity contribution in [3.05, 3.63) is 62.3 Å². The highest BCUT2D eigenvalue weighted by Crippen LogP contribution is 2.25. The lowest BCUT2D eigenvalue weighted by Gasteiger charge is -2.05. The topological polar surface area (TPSA) is 24.4 Å². The molecule has 0 radical (unpaired) electrons. The summed E-state index contributed by atoms with van der Waals surface area (Å²) in [5.41, 5.74) is 5.06. The number of rotatable bonds is 3. The van der Waals surface area contributed by atoms with Crippen LogP contribution in [-0.2, 0) is 0 Å². The van der Waals surface area contributed by atoms with Crippen molar-refractivity contribution in [3.63, 3.8) is 0 Å². The van der Waals surface area contributed by atoms with Crippen LogP contribution in [0.1, 0.15) is 11.1 Å². The SMILES string of the molecule is Cc1cc(Br)c(/C=N/Nc2ccccc2F)c(Br)c1. The molecule has 0 aliphatic heterocycles. The minimum atomic E-state index is -0.332. The van der Waals surface area contributed by atoms with Gasteiger partial charge in [-0.1, -0.05) is 44.0 Å². The quantitative estimate of drug-likeness (QED) is 0.576. The summed E-state index contributed by atoms with van der Waals surface area (Å²) in [6.07, 6.45) is 1.64. The van der Waals surface area contributed by atoms with Crippen molar-refractivity contribution in [2.75, 3.05) is 5.43 Å². The van der Waals surface area contributed by atoms with E-state index in [9.17, 15) is 4.39 Å². The Morgan fingerprint density at radius 2 is 1.79 bits per heavy atom. The molecule has 0 unspecified atom stereocenters. The molecule has 1 N–H and O–H groups in total. The van der Waals surface area contributed by atoms with Gasteiger partial charge in [-0.05, 0) is 36.8 Å². The average molecular weight is 386 g/mol. The zero-order valence-corrected chi connectivity index (χ0v) is 13.3. The van der Waals surface area contributed by atoms with Gasteiger partial charge in [0.2, 0.25) is 0 Å². The number of nitrogens with zero attached hydrogens (tertiary/aromatic N) is 1. The normalized spacial score (nSPS) is 10.9. The van der Waals surface area contributed by atoms with Gasteiger partial charge in [0.25, 0.3) is 0 Å². The summed E-state index contributed by atoms with van der Waals surface area (Å²) in [6, 6.07) is 10.4. The number of nitrogens with one attached hydrogen (secondary N) is 1. The van der Waals surface area contributed by atoms with E-state index in [-0.39, 0.29) is 5.82 Å². The van der Waals surface area contributed by atoms with Crippen LogP contribution in [0.2, 0.25) is 0 Å². The van der Waals surface area contributed by atoms with Crippen LogP contribution in [0, 0.1) is 12.7 Å². The Kier molecular flexibility index (Phi) is 4.71. The predicted octanol–water partition coefficient (Wildman–Crippen LogP) is 5.11. The molecule has 98 valence electrons. The molecular formula is C14H11Br2FN2. The van der Waals surface area contributed by atoms with E-state index in [2.05, 4.69) is 42.4 Å². The number of aryl methyl sites for hydroxylation is 1. The van der Waals surface area contributed by atoms with Crippen LogP contribution >= 0.6 is 31.9 Å². The van der Waals surface area contributed by atoms with E-state index in [1.54, 1.807) is 24.4 Å². The van der Waals surface area contributed by atoms with Gasteiger partial charge < -0.3 is 0 Å². The van der Waals surface area contributed by atoms with Crippen LogP contribution in [-0.4, -0.2) is 6.21 Å². The van der Waals surface area contributed by atoms with Crippen molar-refractivity contribution in [2.24, 2.45) is 5.10 Å². The molecule has 0 bridgehead atoms.